The molecule has 3 nitrogen and oxygen atoms in total. The van der Waals surface area contributed by atoms with Gasteiger partial charge in [0.2, 0.25) is 0 Å². The van der Waals surface area contributed by atoms with Gasteiger partial charge >= 0.3 is 0 Å². The number of hydrogen-bond donors (Lipinski definition) is 2. The third-order valence-electron chi connectivity index (χ3n) is 3.04. The van der Waals surface area contributed by atoms with E-state index in [1.165, 1.54) is 5.56 Å². The summed E-state index contributed by atoms with van der Waals surface area (Å²) in [6.07, 6.45) is 0.184. The van der Waals surface area contributed by atoms with Gasteiger partial charge in [0.05, 0.1) is 11.8 Å². The number of para-hydroxylation sites is 2. The highest BCUT2D eigenvalue weighted by Gasteiger charge is 2.03. The smallest absolute Gasteiger partial charge is 0.142 e. The Kier molecular flexibility index (Phi) is 6.10. The largest absolute Gasteiger partial charge is 0.489 e. The minimum atomic E-state index is 0.184. The highest BCUT2D eigenvalue weighted by atomic mass is 16.5. The van der Waals surface area contributed by atoms with E-state index in [9.17, 15) is 0 Å². The first-order valence-electron chi connectivity index (χ1n) is 7.50. The average molecular weight is 284 g/mol. The third kappa shape index (κ3) is 5.48. The quantitative estimate of drug-likeness (QED) is 0.726. The first-order chi connectivity index (χ1) is 10.3. The van der Waals surface area contributed by atoms with E-state index in [1.54, 1.807) is 0 Å². The van der Waals surface area contributed by atoms with Crippen LogP contribution in [0.25, 0.3) is 0 Å². The highest BCUT2D eigenvalue weighted by Crippen LogP contribution is 2.24. The summed E-state index contributed by atoms with van der Waals surface area (Å²) in [5, 5.41) is 6.85. The highest BCUT2D eigenvalue weighted by molar-refractivity contribution is 5.56. The molecule has 2 aromatic rings. The number of rotatable bonds is 8. The lowest BCUT2D eigenvalue weighted by Gasteiger charge is -2.15. The van der Waals surface area contributed by atoms with Crippen LogP contribution in [0.4, 0.5) is 5.69 Å². The fourth-order valence-electron chi connectivity index (χ4n) is 2.08. The number of anilines is 1. The van der Waals surface area contributed by atoms with Crippen LogP contribution < -0.4 is 15.4 Å². The lowest BCUT2D eigenvalue weighted by molar-refractivity contribution is 0.243. The summed E-state index contributed by atoms with van der Waals surface area (Å²) in [5.74, 6) is 0.913. The maximum absolute atomic E-state index is 5.79. The summed E-state index contributed by atoms with van der Waals surface area (Å²) in [6, 6.07) is 18.5. The maximum Gasteiger partial charge on any atom is 0.142 e. The molecule has 0 fully saturated rings. The summed E-state index contributed by atoms with van der Waals surface area (Å²) in [5.41, 5.74) is 2.36. The van der Waals surface area contributed by atoms with Gasteiger partial charge in [-0.25, -0.2) is 0 Å². The van der Waals surface area contributed by atoms with Crippen molar-refractivity contribution < 1.29 is 4.74 Å². The van der Waals surface area contributed by atoms with E-state index in [2.05, 4.69) is 41.0 Å². The normalized spacial score (nSPS) is 10.6. The average Bonchev–Trinajstić information content (AvgIpc) is 2.49. The zero-order valence-corrected chi connectivity index (χ0v) is 12.8. The van der Waals surface area contributed by atoms with Crippen molar-refractivity contribution in [3.8, 4) is 5.75 Å². The predicted molar refractivity (Wildman–Crippen MR) is 88.8 cm³/mol. The molecular formula is C18H24N2O. The van der Waals surface area contributed by atoms with E-state index in [0.29, 0.717) is 0 Å². The minimum Gasteiger partial charge on any atom is -0.489 e. The van der Waals surface area contributed by atoms with Gasteiger partial charge in [0.1, 0.15) is 5.75 Å². The molecule has 2 rings (SSSR count). The molecule has 0 heterocycles. The predicted octanol–water partition coefficient (Wildman–Crippen LogP) is 3.68. The summed E-state index contributed by atoms with van der Waals surface area (Å²) < 4.78 is 5.79. The second-order valence-corrected chi connectivity index (χ2v) is 5.25. The van der Waals surface area contributed by atoms with E-state index >= 15 is 0 Å². The monoisotopic (exact) mass is 284 g/mol. The van der Waals surface area contributed by atoms with Gasteiger partial charge in [0.25, 0.3) is 0 Å². The van der Waals surface area contributed by atoms with Crippen molar-refractivity contribution in [1.29, 1.82) is 0 Å². The van der Waals surface area contributed by atoms with Crippen molar-refractivity contribution in [3.05, 3.63) is 60.2 Å². The van der Waals surface area contributed by atoms with E-state index in [1.807, 2.05) is 38.1 Å². The summed E-state index contributed by atoms with van der Waals surface area (Å²) in [6.45, 7) is 6.75. The Bertz CT molecular complexity index is 526. The molecule has 0 aliphatic carbocycles. The van der Waals surface area contributed by atoms with Crippen molar-refractivity contribution in [2.45, 2.75) is 26.5 Å². The van der Waals surface area contributed by atoms with Gasteiger partial charge in [-0.3, -0.25) is 0 Å². The molecule has 2 aromatic carbocycles. The van der Waals surface area contributed by atoms with Gasteiger partial charge in [0.15, 0.2) is 0 Å². The first-order valence-corrected chi connectivity index (χ1v) is 7.50. The van der Waals surface area contributed by atoms with Crippen LogP contribution in [0.15, 0.2) is 54.6 Å². The zero-order valence-electron chi connectivity index (χ0n) is 12.8. The molecule has 0 aliphatic heterocycles. The van der Waals surface area contributed by atoms with Crippen LogP contribution in [0.3, 0.4) is 0 Å². The first kappa shape index (κ1) is 15.4. The maximum atomic E-state index is 5.79. The molecule has 0 amide bonds. The second-order valence-electron chi connectivity index (χ2n) is 5.25. The standard InChI is InChI=1S/C18H24N2O/c1-15(2)21-18-11-7-6-10-17(18)20-13-12-19-14-16-8-4-3-5-9-16/h3-11,15,19-20H,12-14H2,1-2H3. The van der Waals surface area contributed by atoms with Crippen molar-refractivity contribution in [3.63, 3.8) is 0 Å². The SMILES string of the molecule is CC(C)Oc1ccccc1NCCNCc1ccccc1. The van der Waals surface area contributed by atoms with Crippen molar-refractivity contribution >= 4 is 5.69 Å². The minimum absolute atomic E-state index is 0.184. The van der Waals surface area contributed by atoms with Gasteiger partial charge in [-0.1, -0.05) is 42.5 Å². The Morgan fingerprint density at radius 2 is 1.62 bits per heavy atom. The Morgan fingerprint density at radius 3 is 2.38 bits per heavy atom. The van der Waals surface area contributed by atoms with Crippen LogP contribution in [0.5, 0.6) is 5.75 Å². The van der Waals surface area contributed by atoms with Gasteiger partial charge in [-0.15, -0.1) is 0 Å². The third-order valence-corrected chi connectivity index (χ3v) is 3.04. The Balaban J connectivity index is 1.73. The summed E-state index contributed by atoms with van der Waals surface area (Å²) in [4.78, 5) is 0. The van der Waals surface area contributed by atoms with Crippen LogP contribution in [0.2, 0.25) is 0 Å². The molecule has 0 saturated heterocycles. The van der Waals surface area contributed by atoms with Crippen LogP contribution in [-0.2, 0) is 6.54 Å². The van der Waals surface area contributed by atoms with E-state index in [0.717, 1.165) is 31.1 Å². The molecule has 0 radical (unpaired) electrons. The van der Waals surface area contributed by atoms with Gasteiger partial charge < -0.3 is 15.4 Å². The van der Waals surface area contributed by atoms with Crippen molar-refractivity contribution in [2.75, 3.05) is 18.4 Å². The van der Waals surface area contributed by atoms with Gasteiger partial charge in [-0.05, 0) is 31.5 Å². The van der Waals surface area contributed by atoms with E-state index in [-0.39, 0.29) is 6.10 Å². The van der Waals surface area contributed by atoms with Crippen LogP contribution in [-0.4, -0.2) is 19.2 Å². The second kappa shape index (κ2) is 8.32. The molecule has 0 aliphatic rings. The number of ether oxygens (including phenoxy) is 1. The summed E-state index contributed by atoms with van der Waals surface area (Å²) in [7, 11) is 0. The number of hydrogen-bond acceptors (Lipinski definition) is 3. The lowest BCUT2D eigenvalue weighted by atomic mass is 10.2. The fourth-order valence-corrected chi connectivity index (χ4v) is 2.08. The molecule has 3 heteroatoms. The molecule has 112 valence electrons. The van der Waals surface area contributed by atoms with Gasteiger partial charge in [0, 0.05) is 19.6 Å². The molecule has 21 heavy (non-hydrogen) atoms. The van der Waals surface area contributed by atoms with Gasteiger partial charge in [-0.2, -0.15) is 0 Å². The Hall–Kier alpha value is -2.00. The fraction of sp³-hybridized carbons (Fsp3) is 0.333. The van der Waals surface area contributed by atoms with Crippen LogP contribution in [0.1, 0.15) is 19.4 Å². The molecule has 0 aromatic heterocycles. The van der Waals surface area contributed by atoms with Crippen LogP contribution in [0, 0.1) is 0 Å². The van der Waals surface area contributed by atoms with Crippen LogP contribution >= 0.6 is 0 Å². The topological polar surface area (TPSA) is 33.3 Å². The Labute approximate surface area is 127 Å². The molecule has 0 unspecified atom stereocenters. The molecule has 2 N–H and O–H groups in total. The van der Waals surface area contributed by atoms with Crippen molar-refractivity contribution in [1.82, 2.24) is 5.32 Å². The molecule has 0 atom stereocenters. The summed E-state index contributed by atoms with van der Waals surface area (Å²) >= 11 is 0. The van der Waals surface area contributed by atoms with E-state index in [4.69, 9.17) is 4.74 Å². The lowest BCUT2D eigenvalue weighted by Crippen LogP contribution is -2.22. The van der Waals surface area contributed by atoms with E-state index < -0.39 is 0 Å². The molecule has 0 spiro atoms. The Morgan fingerprint density at radius 1 is 0.905 bits per heavy atom. The zero-order chi connectivity index (χ0) is 14.9. The molecular weight excluding hydrogens is 260 g/mol. The molecule has 0 bridgehead atoms. The van der Waals surface area contributed by atoms with Crippen molar-refractivity contribution in [2.24, 2.45) is 0 Å². The molecule has 0 saturated carbocycles. The number of nitrogens with one attached hydrogen (secondary N) is 2. The number of benzene rings is 2.